The van der Waals surface area contributed by atoms with Crippen LogP contribution in [0.1, 0.15) is 25.5 Å². The van der Waals surface area contributed by atoms with Gasteiger partial charge in [0, 0.05) is 31.4 Å². The molecule has 1 aliphatic rings. The maximum atomic E-state index is 4.58. The minimum absolute atomic E-state index is 0.729. The highest BCUT2D eigenvalue weighted by Gasteiger charge is 2.18. The lowest BCUT2D eigenvalue weighted by Crippen LogP contribution is -2.34. The summed E-state index contributed by atoms with van der Waals surface area (Å²) in [5, 5.41) is 3.23. The quantitative estimate of drug-likeness (QED) is 0.829. The van der Waals surface area contributed by atoms with Gasteiger partial charge in [-0.3, -0.25) is 0 Å². The summed E-state index contributed by atoms with van der Waals surface area (Å²) in [6.07, 6.45) is 4.29. The number of hydrogen-bond donors (Lipinski definition) is 1. The van der Waals surface area contributed by atoms with Crippen molar-refractivity contribution in [3.63, 3.8) is 0 Å². The van der Waals surface area contributed by atoms with Gasteiger partial charge in [0.25, 0.3) is 0 Å². The normalized spacial score (nSPS) is 16.7. The zero-order valence-corrected chi connectivity index (χ0v) is 11.3. The predicted molar refractivity (Wildman–Crippen MR) is 76.1 cm³/mol. The second kappa shape index (κ2) is 5.85. The van der Waals surface area contributed by atoms with Crippen molar-refractivity contribution in [2.45, 2.75) is 26.7 Å². The monoisotopic (exact) mass is 246 g/mol. The second-order valence-electron chi connectivity index (χ2n) is 5.03. The van der Waals surface area contributed by atoms with Crippen LogP contribution in [0.5, 0.6) is 0 Å². The third-order valence-electron chi connectivity index (χ3n) is 3.34. The summed E-state index contributed by atoms with van der Waals surface area (Å²) in [7, 11) is 0. The average Bonchev–Trinajstić information content (AvgIpc) is 2.36. The number of hydrogen-bond acceptors (Lipinski definition) is 4. The summed E-state index contributed by atoms with van der Waals surface area (Å²) in [5.41, 5.74) is 1.00. The molecule has 1 fully saturated rings. The third kappa shape index (κ3) is 3.22. The molecule has 1 N–H and O–H groups in total. The number of aromatic nitrogens is 2. The SMILES string of the molecule is C=CCNc1cc(C)nc(N2CCC(C)CC2)n1. The maximum absolute atomic E-state index is 4.58. The van der Waals surface area contributed by atoms with Crippen LogP contribution in [0.2, 0.25) is 0 Å². The molecule has 0 aliphatic carbocycles. The van der Waals surface area contributed by atoms with E-state index < -0.39 is 0 Å². The van der Waals surface area contributed by atoms with Crippen molar-refractivity contribution in [2.24, 2.45) is 5.92 Å². The molecule has 1 aliphatic heterocycles. The molecule has 0 spiro atoms. The predicted octanol–water partition coefficient (Wildman–Crippen LogP) is 2.62. The van der Waals surface area contributed by atoms with E-state index in [2.05, 4.69) is 33.7 Å². The Balaban J connectivity index is 2.11. The van der Waals surface area contributed by atoms with Crippen LogP contribution in [-0.2, 0) is 0 Å². The molecule has 0 amide bonds. The summed E-state index contributed by atoms with van der Waals surface area (Å²) >= 11 is 0. The van der Waals surface area contributed by atoms with Crippen molar-refractivity contribution in [3.05, 3.63) is 24.4 Å². The molecule has 18 heavy (non-hydrogen) atoms. The largest absolute Gasteiger partial charge is 0.366 e. The van der Waals surface area contributed by atoms with E-state index in [9.17, 15) is 0 Å². The summed E-state index contributed by atoms with van der Waals surface area (Å²) in [6.45, 7) is 10.9. The highest BCUT2D eigenvalue weighted by Crippen LogP contribution is 2.21. The number of piperidine rings is 1. The molecule has 2 heterocycles. The molecule has 2 rings (SSSR count). The molecule has 98 valence electrons. The molecule has 0 radical (unpaired) electrons. The van der Waals surface area contributed by atoms with E-state index in [1.165, 1.54) is 12.8 Å². The lowest BCUT2D eigenvalue weighted by molar-refractivity contribution is 0.434. The number of nitrogens with zero attached hydrogens (tertiary/aromatic N) is 3. The molecule has 1 saturated heterocycles. The molecule has 0 saturated carbocycles. The van der Waals surface area contributed by atoms with Gasteiger partial charge in [0.15, 0.2) is 0 Å². The van der Waals surface area contributed by atoms with Crippen LogP contribution in [0.3, 0.4) is 0 Å². The van der Waals surface area contributed by atoms with Gasteiger partial charge < -0.3 is 10.2 Å². The Bertz CT molecular complexity index is 408. The van der Waals surface area contributed by atoms with Gasteiger partial charge in [-0.2, -0.15) is 4.98 Å². The fourth-order valence-electron chi connectivity index (χ4n) is 2.17. The van der Waals surface area contributed by atoms with Gasteiger partial charge >= 0.3 is 0 Å². The van der Waals surface area contributed by atoms with E-state index in [1.807, 2.05) is 19.1 Å². The molecule has 0 unspecified atom stereocenters. The lowest BCUT2D eigenvalue weighted by Gasteiger charge is -2.30. The van der Waals surface area contributed by atoms with E-state index in [0.717, 1.165) is 43.0 Å². The standard InChI is InChI=1S/C14H22N4/c1-4-7-15-13-10-12(3)16-14(17-13)18-8-5-11(2)6-9-18/h4,10-11H,1,5-9H2,2-3H3,(H,15,16,17). The first kappa shape index (κ1) is 12.9. The minimum atomic E-state index is 0.729. The Hall–Kier alpha value is -1.58. The molecular weight excluding hydrogens is 224 g/mol. The summed E-state index contributed by atoms with van der Waals surface area (Å²) < 4.78 is 0. The van der Waals surface area contributed by atoms with Crippen molar-refractivity contribution in [3.8, 4) is 0 Å². The maximum Gasteiger partial charge on any atom is 0.227 e. The van der Waals surface area contributed by atoms with Crippen molar-refractivity contribution in [1.29, 1.82) is 0 Å². The molecular formula is C14H22N4. The lowest BCUT2D eigenvalue weighted by atomic mass is 10.00. The Morgan fingerprint density at radius 3 is 2.83 bits per heavy atom. The van der Waals surface area contributed by atoms with E-state index >= 15 is 0 Å². The van der Waals surface area contributed by atoms with E-state index in [0.29, 0.717) is 0 Å². The van der Waals surface area contributed by atoms with Crippen LogP contribution in [0.4, 0.5) is 11.8 Å². The van der Waals surface area contributed by atoms with Gasteiger partial charge in [-0.25, -0.2) is 4.98 Å². The van der Waals surface area contributed by atoms with Crippen LogP contribution in [-0.4, -0.2) is 29.6 Å². The molecule has 0 atom stereocenters. The van der Waals surface area contributed by atoms with E-state index in [4.69, 9.17) is 0 Å². The van der Waals surface area contributed by atoms with E-state index in [-0.39, 0.29) is 0 Å². The highest BCUT2D eigenvalue weighted by molar-refractivity contribution is 5.44. The topological polar surface area (TPSA) is 41.1 Å². The van der Waals surface area contributed by atoms with Crippen molar-refractivity contribution in [1.82, 2.24) is 9.97 Å². The first-order valence-electron chi connectivity index (χ1n) is 6.64. The third-order valence-corrected chi connectivity index (χ3v) is 3.34. The first-order chi connectivity index (χ1) is 8.69. The number of aryl methyl sites for hydroxylation is 1. The van der Waals surface area contributed by atoms with Crippen molar-refractivity contribution >= 4 is 11.8 Å². The van der Waals surface area contributed by atoms with Crippen LogP contribution < -0.4 is 10.2 Å². The van der Waals surface area contributed by atoms with Crippen LogP contribution in [0.15, 0.2) is 18.7 Å². The van der Waals surface area contributed by atoms with Gasteiger partial charge in [-0.05, 0) is 25.7 Å². The zero-order valence-electron chi connectivity index (χ0n) is 11.3. The van der Waals surface area contributed by atoms with Gasteiger partial charge in [0.1, 0.15) is 5.82 Å². The van der Waals surface area contributed by atoms with E-state index in [1.54, 1.807) is 0 Å². The Morgan fingerprint density at radius 1 is 1.44 bits per heavy atom. The number of anilines is 2. The van der Waals surface area contributed by atoms with Gasteiger partial charge in [-0.15, -0.1) is 6.58 Å². The second-order valence-corrected chi connectivity index (χ2v) is 5.03. The number of nitrogens with one attached hydrogen (secondary N) is 1. The molecule has 0 aromatic carbocycles. The fourth-order valence-corrected chi connectivity index (χ4v) is 2.17. The van der Waals surface area contributed by atoms with Gasteiger partial charge in [0.05, 0.1) is 0 Å². The van der Waals surface area contributed by atoms with Crippen LogP contribution in [0.25, 0.3) is 0 Å². The molecule has 0 bridgehead atoms. The number of rotatable bonds is 4. The average molecular weight is 246 g/mol. The minimum Gasteiger partial charge on any atom is -0.366 e. The Kier molecular flexibility index (Phi) is 4.18. The zero-order chi connectivity index (χ0) is 13.0. The smallest absolute Gasteiger partial charge is 0.227 e. The van der Waals surface area contributed by atoms with Crippen LogP contribution >= 0.6 is 0 Å². The van der Waals surface area contributed by atoms with Crippen molar-refractivity contribution in [2.75, 3.05) is 29.9 Å². The molecule has 1 aromatic rings. The summed E-state index contributed by atoms with van der Waals surface area (Å²) in [4.78, 5) is 11.4. The summed E-state index contributed by atoms with van der Waals surface area (Å²) in [6, 6.07) is 1.97. The van der Waals surface area contributed by atoms with Crippen LogP contribution in [0, 0.1) is 12.8 Å². The first-order valence-corrected chi connectivity index (χ1v) is 6.64. The van der Waals surface area contributed by atoms with Gasteiger partial charge in [-0.1, -0.05) is 13.0 Å². The summed E-state index contributed by atoms with van der Waals surface area (Å²) in [5.74, 6) is 2.56. The van der Waals surface area contributed by atoms with Gasteiger partial charge in [0.2, 0.25) is 5.95 Å². The fraction of sp³-hybridized carbons (Fsp3) is 0.571. The molecule has 4 heteroatoms. The van der Waals surface area contributed by atoms with Crippen molar-refractivity contribution < 1.29 is 0 Å². The Morgan fingerprint density at radius 2 is 2.17 bits per heavy atom. The molecule has 4 nitrogen and oxygen atoms in total. The Labute approximate surface area is 109 Å². The molecule has 1 aromatic heterocycles. The highest BCUT2D eigenvalue weighted by atomic mass is 15.3.